The molecule has 1 rings (SSSR count). The molecular formula is C20H28O5. The largest absolute Gasteiger partial charge is 0.481 e. The fraction of sp³-hybridized carbons (Fsp3) is 0.600. The predicted molar refractivity (Wildman–Crippen MR) is 95.7 cm³/mol. The van der Waals surface area contributed by atoms with Gasteiger partial charge in [-0.15, -0.1) is 11.8 Å². The number of Topliss-reactive ketones (excluding diaryl/α,β-unsaturated/α-hetero) is 1. The molecule has 0 amide bonds. The van der Waals surface area contributed by atoms with Crippen LogP contribution >= 0.6 is 0 Å². The van der Waals surface area contributed by atoms with Gasteiger partial charge in [-0.25, -0.2) is 0 Å². The fourth-order valence-corrected chi connectivity index (χ4v) is 2.96. The van der Waals surface area contributed by atoms with E-state index in [1.54, 1.807) is 19.1 Å². The van der Waals surface area contributed by atoms with Crippen molar-refractivity contribution < 1.29 is 24.9 Å². The van der Waals surface area contributed by atoms with Gasteiger partial charge < -0.3 is 15.3 Å². The average molecular weight is 348 g/mol. The Hall–Kier alpha value is -1.90. The number of aliphatic hydroxyl groups is 2. The van der Waals surface area contributed by atoms with Gasteiger partial charge in [0.2, 0.25) is 0 Å². The third kappa shape index (κ3) is 8.15. The molecule has 0 bridgehead atoms. The van der Waals surface area contributed by atoms with Gasteiger partial charge in [-0.05, 0) is 32.6 Å². The van der Waals surface area contributed by atoms with Crippen LogP contribution in [0.4, 0.5) is 0 Å². The van der Waals surface area contributed by atoms with Crippen molar-refractivity contribution in [3.8, 4) is 11.8 Å². The summed E-state index contributed by atoms with van der Waals surface area (Å²) in [5, 5.41) is 28.6. The van der Waals surface area contributed by atoms with Crippen molar-refractivity contribution in [3.63, 3.8) is 0 Å². The first kappa shape index (κ1) is 21.1. The molecule has 0 aromatic rings. The van der Waals surface area contributed by atoms with Crippen LogP contribution in [0.1, 0.15) is 51.9 Å². The average Bonchev–Trinajstić information content (AvgIpc) is 2.82. The van der Waals surface area contributed by atoms with Crippen LogP contribution in [0.2, 0.25) is 0 Å². The molecule has 1 aliphatic carbocycles. The van der Waals surface area contributed by atoms with Crippen molar-refractivity contribution in [2.24, 2.45) is 11.8 Å². The molecule has 0 radical (unpaired) electrons. The van der Waals surface area contributed by atoms with E-state index in [1.165, 1.54) is 0 Å². The zero-order valence-electron chi connectivity index (χ0n) is 14.7. The van der Waals surface area contributed by atoms with E-state index >= 15 is 0 Å². The number of allylic oxidation sites excluding steroid dienone is 2. The number of hydrogen-bond donors (Lipinski definition) is 3. The second kappa shape index (κ2) is 11.6. The summed E-state index contributed by atoms with van der Waals surface area (Å²) in [6, 6.07) is 0. The summed E-state index contributed by atoms with van der Waals surface area (Å²) in [5.41, 5.74) is 0. The van der Waals surface area contributed by atoms with Gasteiger partial charge >= 0.3 is 5.97 Å². The first-order chi connectivity index (χ1) is 12.0. The van der Waals surface area contributed by atoms with Crippen molar-refractivity contribution in [1.82, 2.24) is 0 Å². The number of carbonyl (C=O) groups excluding carboxylic acids is 1. The molecule has 1 aliphatic rings. The van der Waals surface area contributed by atoms with Gasteiger partial charge in [-0.2, -0.15) is 0 Å². The number of hydrogen-bond acceptors (Lipinski definition) is 4. The number of carbonyl (C=O) groups is 2. The van der Waals surface area contributed by atoms with Gasteiger partial charge in [-0.3, -0.25) is 9.59 Å². The van der Waals surface area contributed by atoms with Gasteiger partial charge in [0.25, 0.3) is 0 Å². The number of aliphatic hydroxyl groups excluding tert-OH is 2. The Labute approximate surface area is 149 Å². The molecule has 0 aromatic heterocycles. The molecular weight excluding hydrogens is 320 g/mol. The second-order valence-corrected chi connectivity index (χ2v) is 6.33. The SMILES string of the molecule is CC#CCC[C@H](O)/C=C/[C@H]1[C@H](O)CC(=O)[C@@H]1C/C=C\CCCC(=O)O. The van der Waals surface area contributed by atoms with Crippen LogP contribution in [0.25, 0.3) is 0 Å². The Morgan fingerprint density at radius 1 is 1.40 bits per heavy atom. The number of ketones is 1. The maximum atomic E-state index is 12.1. The van der Waals surface area contributed by atoms with E-state index in [1.807, 2.05) is 12.2 Å². The van der Waals surface area contributed by atoms with Crippen LogP contribution in [0.15, 0.2) is 24.3 Å². The smallest absolute Gasteiger partial charge is 0.303 e. The summed E-state index contributed by atoms with van der Waals surface area (Å²) < 4.78 is 0. The minimum absolute atomic E-state index is 0.0312. The lowest BCUT2D eigenvalue weighted by Crippen LogP contribution is -2.18. The third-order valence-electron chi connectivity index (χ3n) is 4.35. The maximum absolute atomic E-state index is 12.1. The van der Waals surface area contributed by atoms with Crippen molar-refractivity contribution in [3.05, 3.63) is 24.3 Å². The molecule has 5 heteroatoms. The normalized spacial score (nSPS) is 24.6. The molecule has 0 spiro atoms. The Morgan fingerprint density at radius 2 is 2.16 bits per heavy atom. The van der Waals surface area contributed by atoms with Crippen molar-refractivity contribution in [2.45, 2.75) is 64.1 Å². The maximum Gasteiger partial charge on any atom is 0.303 e. The molecule has 5 nitrogen and oxygen atoms in total. The van der Waals surface area contributed by atoms with Gasteiger partial charge in [0, 0.05) is 31.1 Å². The van der Waals surface area contributed by atoms with Crippen LogP contribution in [0, 0.1) is 23.7 Å². The first-order valence-corrected chi connectivity index (χ1v) is 8.79. The zero-order chi connectivity index (χ0) is 18.7. The number of aliphatic carboxylic acids is 1. The summed E-state index contributed by atoms with van der Waals surface area (Å²) in [5.74, 6) is 4.31. The van der Waals surface area contributed by atoms with E-state index in [2.05, 4.69) is 11.8 Å². The summed E-state index contributed by atoms with van der Waals surface area (Å²) in [6.45, 7) is 1.75. The minimum Gasteiger partial charge on any atom is -0.481 e. The van der Waals surface area contributed by atoms with Crippen LogP contribution in [-0.2, 0) is 9.59 Å². The number of carboxylic acids is 1. The topological polar surface area (TPSA) is 94.8 Å². The summed E-state index contributed by atoms with van der Waals surface area (Å²) >= 11 is 0. The lowest BCUT2D eigenvalue weighted by molar-refractivity contribution is -0.137. The molecule has 1 saturated carbocycles. The highest BCUT2D eigenvalue weighted by atomic mass is 16.4. The van der Waals surface area contributed by atoms with Crippen molar-refractivity contribution in [1.29, 1.82) is 0 Å². The zero-order valence-corrected chi connectivity index (χ0v) is 14.7. The van der Waals surface area contributed by atoms with Crippen molar-refractivity contribution >= 4 is 11.8 Å². The minimum atomic E-state index is -0.809. The van der Waals surface area contributed by atoms with Gasteiger partial charge in [0.15, 0.2) is 0 Å². The lowest BCUT2D eigenvalue weighted by Gasteiger charge is -2.16. The second-order valence-electron chi connectivity index (χ2n) is 6.33. The molecule has 25 heavy (non-hydrogen) atoms. The highest BCUT2D eigenvalue weighted by Gasteiger charge is 2.39. The van der Waals surface area contributed by atoms with Gasteiger partial charge in [0.05, 0.1) is 12.2 Å². The monoisotopic (exact) mass is 348 g/mol. The number of unbranched alkanes of at least 4 members (excludes halogenated alkanes) is 1. The quantitative estimate of drug-likeness (QED) is 0.320. The van der Waals surface area contributed by atoms with E-state index in [0.29, 0.717) is 32.1 Å². The van der Waals surface area contributed by atoms with Crippen LogP contribution in [0.3, 0.4) is 0 Å². The first-order valence-electron chi connectivity index (χ1n) is 8.79. The standard InChI is InChI=1S/C20H28O5/c1-2-3-6-9-15(21)12-13-17-16(18(22)14-19(17)23)10-7-4-5-8-11-20(24)25/h4,7,12-13,15-17,19,21,23H,5-6,8-11,14H2,1H3,(H,24,25)/b7-4-,13-12+/t15-,16+,17+,19+/m0/s1. The fourth-order valence-electron chi connectivity index (χ4n) is 2.96. The molecule has 138 valence electrons. The van der Waals surface area contributed by atoms with Crippen molar-refractivity contribution in [2.75, 3.05) is 0 Å². The Balaban J connectivity index is 2.51. The van der Waals surface area contributed by atoms with Gasteiger partial charge in [0.1, 0.15) is 5.78 Å². The highest BCUT2D eigenvalue weighted by Crippen LogP contribution is 2.33. The predicted octanol–water partition coefficient (Wildman–Crippen LogP) is 2.47. The van der Waals surface area contributed by atoms with E-state index in [0.717, 1.165) is 0 Å². The van der Waals surface area contributed by atoms with E-state index in [9.17, 15) is 19.8 Å². The third-order valence-corrected chi connectivity index (χ3v) is 4.35. The Bertz CT molecular complexity index is 552. The van der Waals surface area contributed by atoms with E-state index < -0.39 is 18.2 Å². The van der Waals surface area contributed by atoms with Gasteiger partial charge in [-0.1, -0.05) is 24.3 Å². The lowest BCUT2D eigenvalue weighted by atomic mass is 9.90. The van der Waals surface area contributed by atoms with Crippen LogP contribution < -0.4 is 0 Å². The molecule has 0 aromatic carbocycles. The molecule has 1 fully saturated rings. The Morgan fingerprint density at radius 3 is 2.84 bits per heavy atom. The summed E-state index contributed by atoms with van der Waals surface area (Å²) in [6.07, 6.45) is 9.01. The Kier molecular flexibility index (Phi) is 9.83. The summed E-state index contributed by atoms with van der Waals surface area (Å²) in [7, 11) is 0. The highest BCUT2D eigenvalue weighted by molar-refractivity contribution is 5.84. The molecule has 0 saturated heterocycles. The molecule has 4 atom stereocenters. The molecule has 0 heterocycles. The van der Waals surface area contributed by atoms with E-state index in [-0.39, 0.29) is 30.5 Å². The summed E-state index contributed by atoms with van der Waals surface area (Å²) in [4.78, 5) is 22.5. The van der Waals surface area contributed by atoms with Crippen LogP contribution in [0.5, 0.6) is 0 Å². The molecule has 3 N–H and O–H groups in total. The molecule has 0 unspecified atom stereocenters. The molecule has 0 aliphatic heterocycles. The number of carboxylic acid groups (broad SMARTS) is 1. The number of rotatable bonds is 10. The van der Waals surface area contributed by atoms with Crippen LogP contribution in [-0.4, -0.2) is 39.3 Å². The van der Waals surface area contributed by atoms with E-state index in [4.69, 9.17) is 5.11 Å².